The number of nitrogens with one attached hydrogen (secondary N) is 1. The van der Waals surface area contributed by atoms with Gasteiger partial charge in [0, 0.05) is 43.0 Å². The summed E-state index contributed by atoms with van der Waals surface area (Å²) in [5, 5.41) is 4.69. The van der Waals surface area contributed by atoms with Crippen LogP contribution in [0.2, 0.25) is 0 Å². The standard InChI is InChI=1S/C29H42N4OS/c1-20-31-26(19-32(2)3)28(35-20)24-17-30-18-25(24)29(34)33-15-14-23(21-10-6-4-7-11-21)16-27(33)22-12-8-5-9-13-22/h4,6-7,10-11,22-25,27,30H,5,8-9,12-19H2,1-3H3. The molecule has 1 N–H and O–H groups in total. The van der Waals surface area contributed by atoms with Gasteiger partial charge >= 0.3 is 0 Å². The summed E-state index contributed by atoms with van der Waals surface area (Å²) in [7, 11) is 4.19. The molecule has 0 spiro atoms. The van der Waals surface area contributed by atoms with Crippen molar-refractivity contribution in [3.8, 4) is 0 Å². The van der Waals surface area contributed by atoms with Crippen LogP contribution >= 0.6 is 11.3 Å². The monoisotopic (exact) mass is 494 g/mol. The van der Waals surface area contributed by atoms with Crippen LogP contribution in [0.3, 0.4) is 0 Å². The maximum atomic E-state index is 14.3. The van der Waals surface area contributed by atoms with Gasteiger partial charge in [0.25, 0.3) is 0 Å². The fraction of sp³-hybridized carbons (Fsp3) is 0.655. The highest BCUT2D eigenvalue weighted by atomic mass is 32.1. The lowest BCUT2D eigenvalue weighted by Gasteiger charge is -2.46. The van der Waals surface area contributed by atoms with Gasteiger partial charge in [-0.2, -0.15) is 0 Å². The number of rotatable bonds is 6. The van der Waals surface area contributed by atoms with E-state index >= 15 is 0 Å². The summed E-state index contributed by atoms with van der Waals surface area (Å²) in [4.78, 5) is 25.0. The van der Waals surface area contributed by atoms with Gasteiger partial charge in [0.2, 0.25) is 5.91 Å². The highest BCUT2D eigenvalue weighted by Gasteiger charge is 2.44. The topological polar surface area (TPSA) is 48.5 Å². The van der Waals surface area contributed by atoms with Crippen LogP contribution in [-0.2, 0) is 11.3 Å². The SMILES string of the molecule is Cc1nc(CN(C)C)c(C2CNCC2C(=O)N2CCC(c3ccccc3)CC2C2CCCCC2)s1. The molecule has 5 rings (SSSR count). The number of hydrogen-bond donors (Lipinski definition) is 1. The summed E-state index contributed by atoms with van der Waals surface area (Å²) in [6, 6.07) is 11.4. The van der Waals surface area contributed by atoms with E-state index in [1.807, 2.05) is 0 Å². The highest BCUT2D eigenvalue weighted by Crippen LogP contribution is 2.42. The van der Waals surface area contributed by atoms with Crippen molar-refractivity contribution < 1.29 is 4.79 Å². The molecule has 1 aromatic heterocycles. The fourth-order valence-electron chi connectivity index (χ4n) is 6.88. The Bertz CT molecular complexity index is 984. The molecule has 190 valence electrons. The Balaban J connectivity index is 1.38. The molecular formula is C29H42N4OS. The minimum atomic E-state index is 0.0233. The van der Waals surface area contributed by atoms with Crippen LogP contribution in [0, 0.1) is 18.8 Å². The van der Waals surface area contributed by atoms with Crippen molar-refractivity contribution in [2.45, 2.75) is 76.3 Å². The molecule has 1 aromatic carbocycles. The molecule has 2 aromatic rings. The number of hydrogen-bond acceptors (Lipinski definition) is 5. The maximum Gasteiger partial charge on any atom is 0.227 e. The molecule has 3 aliphatic rings. The molecule has 4 atom stereocenters. The summed E-state index contributed by atoms with van der Waals surface area (Å²) < 4.78 is 0. The number of amides is 1. The van der Waals surface area contributed by atoms with E-state index in [1.165, 1.54) is 42.5 Å². The van der Waals surface area contributed by atoms with Crippen LogP contribution in [-0.4, -0.2) is 60.5 Å². The summed E-state index contributed by atoms with van der Waals surface area (Å²) in [5.74, 6) is 1.88. The summed E-state index contributed by atoms with van der Waals surface area (Å²) in [6.07, 6.45) is 8.76. The third-order valence-electron chi connectivity index (χ3n) is 8.56. The van der Waals surface area contributed by atoms with Gasteiger partial charge in [0.1, 0.15) is 0 Å². The van der Waals surface area contributed by atoms with E-state index in [-0.39, 0.29) is 11.8 Å². The zero-order valence-electron chi connectivity index (χ0n) is 21.7. The molecule has 0 radical (unpaired) electrons. The number of benzene rings is 1. The van der Waals surface area contributed by atoms with Gasteiger partial charge < -0.3 is 15.1 Å². The lowest BCUT2D eigenvalue weighted by molar-refractivity contribution is -0.141. The van der Waals surface area contributed by atoms with Gasteiger partial charge in [-0.3, -0.25) is 4.79 Å². The highest BCUT2D eigenvalue weighted by molar-refractivity contribution is 7.11. The molecule has 1 aliphatic carbocycles. The smallest absolute Gasteiger partial charge is 0.227 e. The van der Waals surface area contributed by atoms with E-state index in [2.05, 4.69) is 66.5 Å². The van der Waals surface area contributed by atoms with Crippen LogP contribution in [0.5, 0.6) is 0 Å². The zero-order valence-corrected chi connectivity index (χ0v) is 22.5. The van der Waals surface area contributed by atoms with Crippen LogP contribution in [0.25, 0.3) is 0 Å². The number of aromatic nitrogens is 1. The molecule has 35 heavy (non-hydrogen) atoms. The molecule has 2 saturated heterocycles. The molecule has 6 heteroatoms. The Hall–Kier alpha value is -1.76. The molecule has 3 heterocycles. The van der Waals surface area contributed by atoms with Crippen molar-refractivity contribution in [1.29, 1.82) is 0 Å². The molecule has 4 unspecified atom stereocenters. The van der Waals surface area contributed by atoms with Gasteiger partial charge in [-0.1, -0.05) is 49.6 Å². The first-order chi connectivity index (χ1) is 17.0. The largest absolute Gasteiger partial charge is 0.339 e. The summed E-state index contributed by atoms with van der Waals surface area (Å²) in [5.41, 5.74) is 2.62. The first-order valence-electron chi connectivity index (χ1n) is 13.7. The lowest BCUT2D eigenvalue weighted by Crippen LogP contribution is -2.52. The molecular weight excluding hydrogens is 452 g/mol. The number of piperidine rings is 1. The number of carbonyl (C=O) groups is 1. The zero-order chi connectivity index (χ0) is 24.4. The average Bonchev–Trinajstić information content (AvgIpc) is 3.50. The number of aryl methyl sites for hydroxylation is 1. The Morgan fingerprint density at radius 3 is 2.63 bits per heavy atom. The van der Waals surface area contributed by atoms with Crippen molar-refractivity contribution in [2.24, 2.45) is 11.8 Å². The van der Waals surface area contributed by atoms with Gasteiger partial charge in [0.05, 0.1) is 16.6 Å². The Morgan fingerprint density at radius 2 is 1.89 bits per heavy atom. The van der Waals surface area contributed by atoms with Crippen molar-refractivity contribution in [1.82, 2.24) is 20.1 Å². The van der Waals surface area contributed by atoms with Gasteiger partial charge in [0.15, 0.2) is 0 Å². The first kappa shape index (κ1) is 24.9. The summed E-state index contributed by atoms with van der Waals surface area (Å²) >= 11 is 1.80. The molecule has 1 amide bonds. The fourth-order valence-corrected chi connectivity index (χ4v) is 7.98. The molecule has 2 aliphatic heterocycles. The summed E-state index contributed by atoms with van der Waals surface area (Å²) in [6.45, 7) is 5.50. The van der Waals surface area contributed by atoms with Crippen LogP contribution < -0.4 is 5.32 Å². The van der Waals surface area contributed by atoms with E-state index in [9.17, 15) is 4.79 Å². The third kappa shape index (κ3) is 5.50. The minimum Gasteiger partial charge on any atom is -0.339 e. The predicted octanol–water partition coefficient (Wildman–Crippen LogP) is 5.17. The van der Waals surface area contributed by atoms with E-state index in [0.29, 0.717) is 23.8 Å². The Morgan fingerprint density at radius 1 is 1.11 bits per heavy atom. The van der Waals surface area contributed by atoms with E-state index < -0.39 is 0 Å². The Labute approximate surface area is 215 Å². The normalized spacial score (nSPS) is 28.1. The van der Waals surface area contributed by atoms with Crippen molar-refractivity contribution in [3.63, 3.8) is 0 Å². The molecule has 1 saturated carbocycles. The van der Waals surface area contributed by atoms with Crippen molar-refractivity contribution >= 4 is 17.2 Å². The molecule has 0 bridgehead atoms. The van der Waals surface area contributed by atoms with E-state index in [4.69, 9.17) is 4.98 Å². The predicted molar refractivity (Wildman–Crippen MR) is 144 cm³/mol. The maximum absolute atomic E-state index is 14.3. The van der Waals surface area contributed by atoms with Gasteiger partial charge in [-0.25, -0.2) is 4.98 Å². The van der Waals surface area contributed by atoms with Crippen LogP contribution in [0.1, 0.15) is 77.9 Å². The van der Waals surface area contributed by atoms with Gasteiger partial charge in [-0.15, -0.1) is 11.3 Å². The third-order valence-corrected chi connectivity index (χ3v) is 9.71. The van der Waals surface area contributed by atoms with E-state index in [0.717, 1.165) is 49.7 Å². The number of carbonyl (C=O) groups excluding carboxylic acids is 1. The van der Waals surface area contributed by atoms with Gasteiger partial charge in [-0.05, 0) is 64.1 Å². The van der Waals surface area contributed by atoms with Crippen LogP contribution in [0.4, 0.5) is 0 Å². The molecule has 5 nitrogen and oxygen atoms in total. The second-order valence-corrected chi connectivity index (χ2v) is 12.5. The minimum absolute atomic E-state index is 0.0233. The van der Waals surface area contributed by atoms with E-state index in [1.54, 1.807) is 11.3 Å². The van der Waals surface area contributed by atoms with Crippen LogP contribution in [0.15, 0.2) is 30.3 Å². The quantitative estimate of drug-likeness (QED) is 0.602. The second-order valence-electron chi connectivity index (χ2n) is 11.3. The van der Waals surface area contributed by atoms with Crippen molar-refractivity contribution in [3.05, 3.63) is 51.5 Å². The lowest BCUT2D eigenvalue weighted by atomic mass is 9.75. The average molecular weight is 495 g/mol. The number of thiazole rings is 1. The van der Waals surface area contributed by atoms with Crippen molar-refractivity contribution in [2.75, 3.05) is 33.7 Å². The second kappa shape index (κ2) is 11.1. The molecule has 3 fully saturated rings. The number of nitrogens with zero attached hydrogens (tertiary/aromatic N) is 3. The first-order valence-corrected chi connectivity index (χ1v) is 14.5. The number of likely N-dealkylation sites (tertiary alicyclic amines) is 1. The Kier molecular flexibility index (Phi) is 7.90.